The lowest BCUT2D eigenvalue weighted by atomic mass is 10.0. The number of rotatable bonds is 5. The number of thiophene rings is 1. The van der Waals surface area contributed by atoms with Gasteiger partial charge in [0.2, 0.25) is 5.91 Å². The van der Waals surface area contributed by atoms with Gasteiger partial charge in [0.05, 0.1) is 18.0 Å². The molecule has 5 nitrogen and oxygen atoms in total. The number of ether oxygens (including phenoxy) is 1. The van der Waals surface area contributed by atoms with E-state index in [-0.39, 0.29) is 23.7 Å². The quantitative estimate of drug-likeness (QED) is 0.595. The van der Waals surface area contributed by atoms with E-state index in [0.717, 1.165) is 21.2 Å². The Morgan fingerprint density at radius 1 is 1.16 bits per heavy atom. The molecule has 1 aliphatic heterocycles. The van der Waals surface area contributed by atoms with E-state index in [4.69, 9.17) is 4.74 Å². The van der Waals surface area contributed by atoms with Crippen molar-refractivity contribution in [3.05, 3.63) is 70.4 Å². The van der Waals surface area contributed by atoms with Crippen LogP contribution in [0.25, 0.3) is 10.1 Å². The minimum atomic E-state index is -0.349. The van der Waals surface area contributed by atoms with Crippen molar-refractivity contribution in [3.8, 4) is 0 Å². The fourth-order valence-corrected chi connectivity index (χ4v) is 5.13. The first-order valence-corrected chi connectivity index (χ1v) is 11.1. The van der Waals surface area contributed by atoms with Crippen molar-refractivity contribution in [1.29, 1.82) is 0 Å². The lowest BCUT2D eigenvalue weighted by Gasteiger charge is -2.33. The topological polar surface area (TPSA) is 49.9 Å². The molecule has 2 amide bonds. The van der Waals surface area contributed by atoms with Crippen molar-refractivity contribution in [2.24, 2.45) is 0 Å². The van der Waals surface area contributed by atoms with Crippen molar-refractivity contribution in [2.75, 3.05) is 33.8 Å². The third-order valence-electron chi connectivity index (χ3n) is 5.52. The monoisotopic (exact) mass is 440 g/mol. The van der Waals surface area contributed by atoms with Gasteiger partial charge in [-0.3, -0.25) is 9.59 Å². The minimum Gasteiger partial charge on any atom is -0.370 e. The van der Waals surface area contributed by atoms with Crippen LogP contribution in [-0.4, -0.2) is 55.4 Å². The van der Waals surface area contributed by atoms with Gasteiger partial charge in [-0.1, -0.05) is 30.3 Å². The predicted molar refractivity (Wildman–Crippen MR) is 120 cm³/mol. The zero-order valence-electron chi connectivity index (χ0n) is 17.6. The standard InChI is InChI=1S/C24H25FN2O3S/c1-26(2)24(29)23-22(18-5-3-4-6-20(18)31-23)19-15-27(13-14-30-19)21(28)12-9-16-7-10-17(25)11-8-16/h3-8,10-11,19H,9,12-15H2,1-2H3. The third kappa shape index (κ3) is 4.62. The van der Waals surface area contributed by atoms with Crippen LogP contribution in [0.4, 0.5) is 4.39 Å². The summed E-state index contributed by atoms with van der Waals surface area (Å²) in [6.07, 6.45) is 0.567. The van der Waals surface area contributed by atoms with Crippen LogP contribution in [0.5, 0.6) is 0 Å². The highest BCUT2D eigenvalue weighted by Gasteiger charge is 2.31. The number of amides is 2. The molecule has 0 saturated carbocycles. The third-order valence-corrected chi connectivity index (χ3v) is 6.69. The molecular weight excluding hydrogens is 415 g/mol. The summed E-state index contributed by atoms with van der Waals surface area (Å²) in [5, 5.41) is 1.00. The van der Waals surface area contributed by atoms with Gasteiger partial charge in [-0.2, -0.15) is 0 Å². The van der Waals surface area contributed by atoms with Crippen LogP contribution in [0.1, 0.15) is 33.3 Å². The molecule has 7 heteroatoms. The van der Waals surface area contributed by atoms with Gasteiger partial charge in [0.15, 0.2) is 0 Å². The number of hydrogen-bond acceptors (Lipinski definition) is 4. The lowest BCUT2D eigenvalue weighted by molar-refractivity contribution is -0.138. The first-order valence-electron chi connectivity index (χ1n) is 10.3. The second-order valence-electron chi connectivity index (χ2n) is 7.87. The maximum absolute atomic E-state index is 13.1. The number of fused-ring (bicyclic) bond motifs is 1. The summed E-state index contributed by atoms with van der Waals surface area (Å²) >= 11 is 1.47. The molecular formula is C24H25FN2O3S. The van der Waals surface area contributed by atoms with Crippen LogP contribution in [-0.2, 0) is 16.0 Å². The van der Waals surface area contributed by atoms with Crippen LogP contribution in [0, 0.1) is 5.82 Å². The summed E-state index contributed by atoms with van der Waals surface area (Å²) in [4.78, 5) is 29.8. The fourth-order valence-electron chi connectivity index (χ4n) is 3.86. The van der Waals surface area contributed by atoms with E-state index < -0.39 is 0 Å². The Kier molecular flexibility index (Phi) is 6.34. The molecule has 1 aromatic heterocycles. The molecule has 1 aliphatic rings. The Hall–Kier alpha value is -2.77. The second-order valence-corrected chi connectivity index (χ2v) is 8.92. The summed E-state index contributed by atoms with van der Waals surface area (Å²) in [6.45, 7) is 1.36. The first kappa shape index (κ1) is 21.5. The van der Waals surface area contributed by atoms with Crippen molar-refractivity contribution in [3.63, 3.8) is 0 Å². The van der Waals surface area contributed by atoms with Gasteiger partial charge >= 0.3 is 0 Å². The minimum absolute atomic E-state index is 0.0395. The average molecular weight is 441 g/mol. The Morgan fingerprint density at radius 3 is 2.65 bits per heavy atom. The van der Waals surface area contributed by atoms with E-state index in [1.807, 2.05) is 29.2 Å². The molecule has 4 rings (SSSR count). The number of hydrogen-bond donors (Lipinski definition) is 0. The molecule has 1 saturated heterocycles. The van der Waals surface area contributed by atoms with Crippen molar-refractivity contribution < 1.29 is 18.7 Å². The number of nitrogens with zero attached hydrogens (tertiary/aromatic N) is 2. The Labute approximate surface area is 185 Å². The Bertz CT molecular complexity index is 1090. The summed E-state index contributed by atoms with van der Waals surface area (Å²) in [5.41, 5.74) is 1.80. The van der Waals surface area contributed by atoms with E-state index in [0.29, 0.717) is 37.4 Å². The van der Waals surface area contributed by atoms with Crippen LogP contribution in [0.3, 0.4) is 0 Å². The molecule has 2 heterocycles. The van der Waals surface area contributed by atoms with Gasteiger partial charge in [0.1, 0.15) is 11.9 Å². The van der Waals surface area contributed by atoms with Gasteiger partial charge < -0.3 is 14.5 Å². The second kappa shape index (κ2) is 9.16. The molecule has 0 aliphatic carbocycles. The fraction of sp³-hybridized carbons (Fsp3) is 0.333. The molecule has 0 N–H and O–H groups in total. The van der Waals surface area contributed by atoms with E-state index >= 15 is 0 Å². The number of morpholine rings is 1. The highest BCUT2D eigenvalue weighted by atomic mass is 32.1. The molecule has 2 aromatic carbocycles. The van der Waals surface area contributed by atoms with Crippen LogP contribution < -0.4 is 0 Å². The number of aryl methyl sites for hydroxylation is 1. The van der Waals surface area contributed by atoms with E-state index in [1.54, 1.807) is 31.1 Å². The smallest absolute Gasteiger partial charge is 0.263 e. The lowest BCUT2D eigenvalue weighted by Crippen LogP contribution is -2.42. The van der Waals surface area contributed by atoms with Gasteiger partial charge in [0, 0.05) is 37.3 Å². The zero-order chi connectivity index (χ0) is 22.0. The number of halogens is 1. The highest BCUT2D eigenvalue weighted by molar-refractivity contribution is 7.21. The maximum Gasteiger partial charge on any atom is 0.263 e. The molecule has 3 aromatic rings. The SMILES string of the molecule is CN(C)C(=O)c1sc2ccccc2c1C1CN(C(=O)CCc2ccc(F)cc2)CCO1. The summed E-state index contributed by atoms with van der Waals surface area (Å²) in [7, 11) is 3.48. The normalized spacial score (nSPS) is 16.5. The highest BCUT2D eigenvalue weighted by Crippen LogP contribution is 2.38. The van der Waals surface area contributed by atoms with E-state index in [2.05, 4.69) is 0 Å². The van der Waals surface area contributed by atoms with Crippen molar-refractivity contribution in [1.82, 2.24) is 9.80 Å². The predicted octanol–water partition coefficient (Wildman–Crippen LogP) is 4.27. The molecule has 1 fully saturated rings. The molecule has 0 bridgehead atoms. The maximum atomic E-state index is 13.1. The van der Waals surface area contributed by atoms with Crippen LogP contribution in [0.2, 0.25) is 0 Å². The average Bonchev–Trinajstić information content (AvgIpc) is 3.17. The Morgan fingerprint density at radius 2 is 1.90 bits per heavy atom. The molecule has 0 radical (unpaired) electrons. The van der Waals surface area contributed by atoms with Crippen molar-refractivity contribution >= 4 is 33.2 Å². The molecule has 1 atom stereocenters. The number of carbonyl (C=O) groups is 2. The molecule has 162 valence electrons. The summed E-state index contributed by atoms with van der Waals surface area (Å²) in [5.74, 6) is -0.297. The van der Waals surface area contributed by atoms with Crippen molar-refractivity contribution in [2.45, 2.75) is 18.9 Å². The summed E-state index contributed by atoms with van der Waals surface area (Å²) < 4.78 is 20.2. The molecule has 31 heavy (non-hydrogen) atoms. The van der Waals surface area contributed by atoms with Crippen LogP contribution >= 0.6 is 11.3 Å². The molecule has 1 unspecified atom stereocenters. The van der Waals surface area contributed by atoms with Gasteiger partial charge in [-0.25, -0.2) is 4.39 Å². The molecule has 0 spiro atoms. The zero-order valence-corrected chi connectivity index (χ0v) is 18.5. The van der Waals surface area contributed by atoms with Gasteiger partial charge in [-0.15, -0.1) is 11.3 Å². The van der Waals surface area contributed by atoms with E-state index in [1.165, 1.54) is 23.5 Å². The van der Waals surface area contributed by atoms with E-state index in [9.17, 15) is 14.0 Å². The first-order chi connectivity index (χ1) is 14.9. The largest absolute Gasteiger partial charge is 0.370 e. The van der Waals surface area contributed by atoms with Gasteiger partial charge in [0.25, 0.3) is 5.91 Å². The van der Waals surface area contributed by atoms with Gasteiger partial charge in [-0.05, 0) is 35.6 Å². The van der Waals surface area contributed by atoms with Crippen LogP contribution in [0.15, 0.2) is 48.5 Å². The Balaban J connectivity index is 1.53. The summed E-state index contributed by atoms with van der Waals surface area (Å²) in [6, 6.07) is 14.2. The number of carbonyl (C=O) groups excluding carboxylic acids is 2. The number of benzene rings is 2.